The van der Waals surface area contributed by atoms with E-state index in [1.807, 2.05) is 0 Å². The van der Waals surface area contributed by atoms with Crippen molar-refractivity contribution >= 4 is 23.5 Å². The molecule has 1 heterocycles. The zero-order valence-electron chi connectivity index (χ0n) is 5.37. The van der Waals surface area contributed by atoms with Crippen LogP contribution in [0.25, 0.3) is 0 Å². The summed E-state index contributed by atoms with van der Waals surface area (Å²) in [7, 11) is 0. The van der Waals surface area contributed by atoms with Crippen molar-refractivity contribution in [2.75, 3.05) is 11.5 Å². The summed E-state index contributed by atoms with van der Waals surface area (Å²) in [6.45, 7) is 0. The predicted molar refractivity (Wildman–Crippen MR) is 38.1 cm³/mol. The van der Waals surface area contributed by atoms with E-state index in [1.165, 1.54) is 0 Å². The minimum Gasteiger partial charge on any atom is -0.475 e. The van der Waals surface area contributed by atoms with Crippen LogP contribution in [-0.2, 0) is 9.59 Å². The number of aliphatic carboxylic acids is 1. The van der Waals surface area contributed by atoms with Crippen molar-refractivity contribution in [3.05, 3.63) is 0 Å². The van der Waals surface area contributed by atoms with E-state index in [0.29, 0.717) is 5.75 Å². The summed E-state index contributed by atoms with van der Waals surface area (Å²) in [6, 6.07) is 0. The molecule has 1 fully saturated rings. The Morgan fingerprint density at radius 3 is 2.60 bits per heavy atom. The molecule has 0 aromatic carbocycles. The lowest BCUT2D eigenvalue weighted by atomic mass is 10.0. The first kappa shape index (κ1) is 7.60. The number of thioether (sulfide) groups is 1. The summed E-state index contributed by atoms with van der Waals surface area (Å²) in [5, 5.41) is 8.28. The molecule has 1 saturated heterocycles. The smallest absolute Gasteiger partial charge is 0.372 e. The Morgan fingerprint density at radius 1 is 1.50 bits per heavy atom. The van der Waals surface area contributed by atoms with Gasteiger partial charge >= 0.3 is 5.97 Å². The van der Waals surface area contributed by atoms with Crippen LogP contribution < -0.4 is 0 Å². The van der Waals surface area contributed by atoms with Crippen molar-refractivity contribution in [2.24, 2.45) is 5.92 Å². The van der Waals surface area contributed by atoms with Crippen LogP contribution in [-0.4, -0.2) is 28.4 Å². The van der Waals surface area contributed by atoms with E-state index < -0.39 is 11.8 Å². The highest BCUT2D eigenvalue weighted by molar-refractivity contribution is 7.99. The second-order valence-electron chi connectivity index (χ2n) is 2.23. The van der Waals surface area contributed by atoms with Gasteiger partial charge in [0.2, 0.25) is 5.78 Å². The number of rotatable bonds is 2. The van der Waals surface area contributed by atoms with Crippen molar-refractivity contribution < 1.29 is 14.7 Å². The highest BCUT2D eigenvalue weighted by Crippen LogP contribution is 2.23. The van der Waals surface area contributed by atoms with Crippen LogP contribution in [0.1, 0.15) is 6.42 Å². The van der Waals surface area contributed by atoms with Gasteiger partial charge in [-0.05, 0) is 12.2 Å². The molecular weight excluding hydrogens is 152 g/mol. The molecule has 1 unspecified atom stereocenters. The van der Waals surface area contributed by atoms with Crippen LogP contribution >= 0.6 is 11.8 Å². The van der Waals surface area contributed by atoms with E-state index in [-0.39, 0.29) is 5.92 Å². The summed E-state index contributed by atoms with van der Waals surface area (Å²) in [5.41, 5.74) is 0. The van der Waals surface area contributed by atoms with Gasteiger partial charge in [0.25, 0.3) is 0 Å². The standard InChI is InChI=1S/C6H8O3S/c7-5(6(8)9)4-1-2-10-3-4/h4H,1-3H2,(H,8,9). The quantitative estimate of drug-likeness (QED) is 0.594. The first-order valence-electron chi connectivity index (χ1n) is 3.06. The molecular formula is C6H8O3S. The molecule has 0 radical (unpaired) electrons. The summed E-state index contributed by atoms with van der Waals surface area (Å²) in [5.74, 6) is -0.519. The van der Waals surface area contributed by atoms with Gasteiger partial charge in [0.15, 0.2) is 0 Å². The number of hydrogen-bond acceptors (Lipinski definition) is 3. The highest BCUT2D eigenvalue weighted by atomic mass is 32.2. The monoisotopic (exact) mass is 160 g/mol. The summed E-state index contributed by atoms with van der Waals surface area (Å²) >= 11 is 1.64. The Bertz CT molecular complexity index is 160. The van der Waals surface area contributed by atoms with Crippen molar-refractivity contribution in [1.82, 2.24) is 0 Å². The van der Waals surface area contributed by atoms with Crippen LogP contribution in [0.2, 0.25) is 0 Å². The average Bonchev–Trinajstić information content (AvgIpc) is 2.36. The molecule has 1 atom stereocenters. The van der Waals surface area contributed by atoms with Crippen LogP contribution in [0.3, 0.4) is 0 Å². The van der Waals surface area contributed by atoms with Gasteiger partial charge in [0, 0.05) is 11.7 Å². The molecule has 1 rings (SSSR count). The third-order valence-corrected chi connectivity index (χ3v) is 2.67. The average molecular weight is 160 g/mol. The molecule has 0 aromatic rings. The van der Waals surface area contributed by atoms with E-state index >= 15 is 0 Å². The molecule has 0 saturated carbocycles. The molecule has 0 spiro atoms. The number of carboxylic acids is 1. The second kappa shape index (κ2) is 3.05. The van der Waals surface area contributed by atoms with Gasteiger partial charge in [-0.1, -0.05) is 0 Å². The fourth-order valence-electron chi connectivity index (χ4n) is 0.916. The summed E-state index contributed by atoms with van der Waals surface area (Å²) < 4.78 is 0. The third-order valence-electron chi connectivity index (χ3n) is 1.51. The maximum atomic E-state index is 10.7. The molecule has 1 N–H and O–H groups in total. The van der Waals surface area contributed by atoms with Crippen LogP contribution in [0, 0.1) is 5.92 Å². The van der Waals surface area contributed by atoms with Gasteiger partial charge in [0.1, 0.15) is 0 Å². The van der Waals surface area contributed by atoms with Gasteiger partial charge in [-0.3, -0.25) is 4.79 Å². The first-order chi connectivity index (χ1) is 4.72. The SMILES string of the molecule is O=C(O)C(=O)C1CCSC1. The fraction of sp³-hybridized carbons (Fsp3) is 0.667. The van der Waals surface area contributed by atoms with Crippen LogP contribution in [0.5, 0.6) is 0 Å². The Morgan fingerprint density at radius 2 is 2.20 bits per heavy atom. The lowest BCUT2D eigenvalue weighted by Gasteiger charge is -1.99. The first-order valence-corrected chi connectivity index (χ1v) is 4.22. The Hall–Kier alpha value is -0.510. The van der Waals surface area contributed by atoms with Crippen molar-refractivity contribution in [1.29, 1.82) is 0 Å². The number of carbonyl (C=O) groups excluding carboxylic acids is 1. The molecule has 4 heteroatoms. The van der Waals surface area contributed by atoms with Gasteiger partial charge in [-0.15, -0.1) is 0 Å². The molecule has 10 heavy (non-hydrogen) atoms. The van der Waals surface area contributed by atoms with E-state index in [1.54, 1.807) is 11.8 Å². The maximum Gasteiger partial charge on any atom is 0.372 e. The molecule has 1 aliphatic rings. The van der Waals surface area contributed by atoms with E-state index in [4.69, 9.17) is 5.11 Å². The lowest BCUT2D eigenvalue weighted by Crippen LogP contribution is -2.22. The number of carboxylic acid groups (broad SMARTS) is 1. The van der Waals surface area contributed by atoms with E-state index in [2.05, 4.69) is 0 Å². The molecule has 1 aliphatic heterocycles. The zero-order valence-corrected chi connectivity index (χ0v) is 6.19. The normalized spacial score (nSPS) is 24.6. The van der Waals surface area contributed by atoms with Crippen LogP contribution in [0.15, 0.2) is 0 Å². The zero-order chi connectivity index (χ0) is 7.56. The maximum absolute atomic E-state index is 10.7. The number of carbonyl (C=O) groups is 2. The van der Waals surface area contributed by atoms with Gasteiger partial charge in [0.05, 0.1) is 0 Å². The molecule has 0 bridgehead atoms. The van der Waals surface area contributed by atoms with Crippen molar-refractivity contribution in [3.8, 4) is 0 Å². The predicted octanol–water partition coefficient (Wildman–Crippen LogP) is 0.393. The topological polar surface area (TPSA) is 54.4 Å². The van der Waals surface area contributed by atoms with Gasteiger partial charge in [-0.25, -0.2) is 4.79 Å². The van der Waals surface area contributed by atoms with Crippen molar-refractivity contribution in [3.63, 3.8) is 0 Å². The summed E-state index contributed by atoms with van der Waals surface area (Å²) in [4.78, 5) is 20.9. The van der Waals surface area contributed by atoms with Gasteiger partial charge in [-0.2, -0.15) is 11.8 Å². The van der Waals surface area contributed by atoms with Crippen LogP contribution in [0.4, 0.5) is 0 Å². The Kier molecular flexibility index (Phi) is 2.32. The second-order valence-corrected chi connectivity index (χ2v) is 3.38. The highest BCUT2D eigenvalue weighted by Gasteiger charge is 2.27. The number of Topliss-reactive ketones (excluding diaryl/α,β-unsaturated/α-hetero) is 1. The molecule has 0 amide bonds. The third kappa shape index (κ3) is 1.50. The fourth-order valence-corrected chi connectivity index (χ4v) is 2.14. The van der Waals surface area contributed by atoms with Gasteiger partial charge < -0.3 is 5.11 Å². The Labute approximate surface area is 62.8 Å². The minimum atomic E-state index is -1.28. The largest absolute Gasteiger partial charge is 0.475 e. The van der Waals surface area contributed by atoms with E-state index in [9.17, 15) is 9.59 Å². The lowest BCUT2D eigenvalue weighted by molar-refractivity contribution is -0.150. The molecule has 3 nitrogen and oxygen atoms in total. The van der Waals surface area contributed by atoms with E-state index in [0.717, 1.165) is 12.2 Å². The number of ketones is 1. The molecule has 0 aromatic heterocycles. The Balaban J connectivity index is 2.48. The number of hydrogen-bond donors (Lipinski definition) is 1. The summed E-state index contributed by atoms with van der Waals surface area (Å²) in [6.07, 6.45) is 0.732. The molecule has 56 valence electrons. The minimum absolute atomic E-state index is 0.220. The molecule has 0 aliphatic carbocycles. The van der Waals surface area contributed by atoms with Crippen molar-refractivity contribution in [2.45, 2.75) is 6.42 Å².